The number of hydrogen-bond acceptors (Lipinski definition) is 13. The molecule has 4 saturated heterocycles. The second-order valence-corrected chi connectivity index (χ2v) is 19.3. The van der Waals surface area contributed by atoms with Crippen LogP contribution in [0.1, 0.15) is 108 Å². The van der Waals surface area contributed by atoms with E-state index in [1.807, 2.05) is 40.3 Å². The fourth-order valence-electron chi connectivity index (χ4n) is 11.3. The van der Waals surface area contributed by atoms with Gasteiger partial charge in [-0.3, -0.25) is 53.3 Å². The molecule has 18 heteroatoms. The lowest BCUT2D eigenvalue weighted by molar-refractivity contribution is -0.141. The van der Waals surface area contributed by atoms with Crippen LogP contribution in [0.4, 0.5) is 11.4 Å². The molecule has 1 N–H and O–H groups in total. The van der Waals surface area contributed by atoms with E-state index < -0.39 is 11.9 Å². The Morgan fingerprint density at radius 2 is 1.47 bits per heavy atom. The number of hydrogen-bond donors (Lipinski definition) is 1. The largest absolute Gasteiger partial charge is 0.368 e. The van der Waals surface area contributed by atoms with Gasteiger partial charge in [0.05, 0.1) is 30.4 Å². The number of fused-ring (bicyclic) bond motifs is 2. The van der Waals surface area contributed by atoms with Crippen molar-refractivity contribution in [3.8, 4) is 0 Å². The van der Waals surface area contributed by atoms with Gasteiger partial charge in [-0.1, -0.05) is 12.8 Å². The number of likely N-dealkylation sites (tertiary alicyclic amines) is 1. The average molecular weight is 926 g/mol. The van der Waals surface area contributed by atoms with Gasteiger partial charge in [0.1, 0.15) is 17.5 Å². The van der Waals surface area contributed by atoms with E-state index in [2.05, 4.69) is 31.1 Å². The van der Waals surface area contributed by atoms with Crippen molar-refractivity contribution >= 4 is 57.7 Å². The van der Waals surface area contributed by atoms with E-state index in [1.165, 1.54) is 6.92 Å². The minimum atomic E-state index is -0.650. The number of anilines is 2. The zero-order valence-electron chi connectivity index (χ0n) is 39.0. The van der Waals surface area contributed by atoms with Gasteiger partial charge in [0.2, 0.25) is 23.6 Å². The van der Waals surface area contributed by atoms with Crippen molar-refractivity contribution in [2.75, 3.05) is 81.8 Å². The third kappa shape index (κ3) is 8.85. The molecular weight excluding hydrogens is 867 g/mol. The summed E-state index contributed by atoms with van der Waals surface area (Å²) < 4.78 is 1.74. The molecule has 5 fully saturated rings. The van der Waals surface area contributed by atoms with Crippen molar-refractivity contribution in [2.24, 2.45) is 5.92 Å². The fraction of sp³-hybridized carbons (Fsp3) is 0.520. The molecule has 4 aromatic rings. The Morgan fingerprint density at radius 1 is 0.765 bits per heavy atom. The van der Waals surface area contributed by atoms with Gasteiger partial charge >= 0.3 is 0 Å². The van der Waals surface area contributed by atoms with Crippen LogP contribution in [0.2, 0.25) is 0 Å². The number of piperazine rings is 2. The zero-order valence-corrected chi connectivity index (χ0v) is 39.0. The number of pyridine rings is 2. The molecule has 1 atom stereocenters. The molecule has 1 aromatic carbocycles. The van der Waals surface area contributed by atoms with Gasteiger partial charge in [0.15, 0.2) is 5.78 Å². The quantitative estimate of drug-likeness (QED) is 0.181. The van der Waals surface area contributed by atoms with E-state index >= 15 is 0 Å². The first-order valence-electron chi connectivity index (χ1n) is 24.3. The zero-order chi connectivity index (χ0) is 47.2. The number of rotatable bonds is 10. The van der Waals surface area contributed by atoms with Crippen LogP contribution in [-0.2, 0) is 32.1 Å². The molecule has 1 aliphatic carbocycles. The third-order valence-corrected chi connectivity index (χ3v) is 15.2. The molecule has 5 aliphatic heterocycles. The SMILES string of the molecule is CC(=O)c1c(C)c2cnc(Cc3ccc(N4CCN(CC(=O)N5CCC(C(=O)N6CCN(c7ccc8c(c7)CN([C@H]7CCC(=O)NC7=O)C8=O)CC6)CC5)CC4)cn3)nc2n(C2CCCC2)c1=O. The molecule has 0 radical (unpaired) electrons. The number of nitrogens with one attached hydrogen (secondary N) is 1. The Labute approximate surface area is 394 Å². The molecule has 5 amide bonds. The van der Waals surface area contributed by atoms with Gasteiger partial charge in [0.25, 0.3) is 11.5 Å². The normalized spacial score (nSPS) is 20.9. The van der Waals surface area contributed by atoms with Gasteiger partial charge in [-0.2, -0.15) is 0 Å². The van der Waals surface area contributed by atoms with Gasteiger partial charge < -0.3 is 24.5 Å². The van der Waals surface area contributed by atoms with Crippen LogP contribution in [0.15, 0.2) is 47.5 Å². The summed E-state index contributed by atoms with van der Waals surface area (Å²) in [5.74, 6) is -0.437. The van der Waals surface area contributed by atoms with E-state index in [4.69, 9.17) is 9.97 Å². The highest BCUT2D eigenvalue weighted by molar-refractivity contribution is 6.05. The van der Waals surface area contributed by atoms with Gasteiger partial charge in [-0.25, -0.2) is 9.97 Å². The number of carbonyl (C=O) groups is 6. The van der Waals surface area contributed by atoms with Gasteiger partial charge in [0, 0.05) is 119 Å². The second kappa shape index (κ2) is 18.8. The highest BCUT2D eigenvalue weighted by Crippen LogP contribution is 2.33. The summed E-state index contributed by atoms with van der Waals surface area (Å²) in [6.07, 6.45) is 9.73. The lowest BCUT2D eigenvalue weighted by atomic mass is 9.94. The second-order valence-electron chi connectivity index (χ2n) is 19.3. The van der Waals surface area contributed by atoms with Crippen molar-refractivity contribution < 1.29 is 28.8 Å². The van der Waals surface area contributed by atoms with E-state index in [1.54, 1.807) is 22.6 Å². The maximum atomic E-state index is 13.7. The van der Waals surface area contributed by atoms with E-state index in [0.29, 0.717) is 101 Å². The monoisotopic (exact) mass is 925 g/mol. The Kier molecular flexibility index (Phi) is 12.5. The molecule has 10 rings (SSSR count). The molecule has 0 unspecified atom stereocenters. The predicted molar refractivity (Wildman–Crippen MR) is 252 cm³/mol. The number of aryl methyl sites for hydroxylation is 1. The summed E-state index contributed by atoms with van der Waals surface area (Å²) in [4.78, 5) is 117. The minimum Gasteiger partial charge on any atom is -0.368 e. The number of piperidine rings is 2. The first-order chi connectivity index (χ1) is 32.9. The Balaban J connectivity index is 0.663. The minimum absolute atomic E-state index is 0.0189. The number of carbonyl (C=O) groups excluding carboxylic acids is 6. The van der Waals surface area contributed by atoms with Crippen LogP contribution >= 0.6 is 0 Å². The van der Waals surface area contributed by atoms with Crippen molar-refractivity contribution in [3.05, 3.63) is 86.9 Å². The van der Waals surface area contributed by atoms with E-state index in [-0.39, 0.29) is 58.9 Å². The number of benzene rings is 1. The first-order valence-corrected chi connectivity index (χ1v) is 24.3. The smallest absolute Gasteiger partial charge is 0.263 e. The van der Waals surface area contributed by atoms with Crippen LogP contribution in [0.25, 0.3) is 11.0 Å². The average Bonchev–Trinajstić information content (AvgIpc) is 3.99. The topological polar surface area (TPSA) is 195 Å². The van der Waals surface area contributed by atoms with Gasteiger partial charge in [-0.15, -0.1) is 0 Å². The number of amides is 5. The number of nitrogens with zero attached hydrogens (tertiary/aromatic N) is 10. The molecule has 18 nitrogen and oxygen atoms in total. The van der Waals surface area contributed by atoms with Crippen LogP contribution in [0.3, 0.4) is 0 Å². The molecule has 0 bridgehead atoms. The van der Waals surface area contributed by atoms with Crippen molar-refractivity contribution in [2.45, 2.75) is 90.3 Å². The number of imide groups is 1. The summed E-state index contributed by atoms with van der Waals surface area (Å²) in [6, 6.07) is 9.19. The number of ketones is 1. The van der Waals surface area contributed by atoms with Gasteiger partial charge in [-0.05, 0) is 87.4 Å². The molecular formula is C50H59N11O7. The Hall–Kier alpha value is -6.56. The van der Waals surface area contributed by atoms with Crippen LogP contribution in [0, 0.1) is 12.8 Å². The Morgan fingerprint density at radius 3 is 2.16 bits per heavy atom. The standard InChI is InChI=1S/C50H59N11O7/c1-31-40-28-52-42(53-46(40)61(36-5-3-4-6-36)50(68)45(31)32(2)62)26-35-7-8-38(27-51-35)57-19-17-55(18-20-57)30-44(64)58-15-13-33(14-16-58)48(66)59-23-21-56(22-24-59)37-9-10-39-34(25-37)29-60(49(39)67)41-11-12-43(63)54-47(41)65/h7-10,25,27-28,33,36,41H,3-6,11-24,26,29-30H2,1-2H3,(H,54,63,65)/t41-/m0/s1. The highest BCUT2D eigenvalue weighted by Gasteiger charge is 2.40. The van der Waals surface area contributed by atoms with Crippen molar-refractivity contribution in [1.82, 2.24) is 44.4 Å². The third-order valence-electron chi connectivity index (χ3n) is 15.2. The van der Waals surface area contributed by atoms with Crippen molar-refractivity contribution in [1.29, 1.82) is 0 Å². The van der Waals surface area contributed by atoms with E-state index in [9.17, 15) is 33.6 Å². The first kappa shape index (κ1) is 45.2. The maximum Gasteiger partial charge on any atom is 0.263 e. The molecule has 6 aliphatic rings. The summed E-state index contributed by atoms with van der Waals surface area (Å²) in [5, 5.41) is 3.08. The molecule has 8 heterocycles. The van der Waals surface area contributed by atoms with E-state index in [0.717, 1.165) is 79.9 Å². The number of Topliss-reactive ketones (excluding diaryl/α,β-unsaturated/α-hetero) is 1. The number of aromatic nitrogens is 4. The summed E-state index contributed by atoms with van der Waals surface area (Å²) in [5.41, 5.74) is 5.43. The molecule has 68 heavy (non-hydrogen) atoms. The lowest BCUT2D eigenvalue weighted by Gasteiger charge is -2.40. The highest BCUT2D eigenvalue weighted by atomic mass is 16.2. The Bertz CT molecular complexity index is 2730. The lowest BCUT2D eigenvalue weighted by Crippen LogP contribution is -2.53. The molecule has 0 spiro atoms. The summed E-state index contributed by atoms with van der Waals surface area (Å²) >= 11 is 0. The van der Waals surface area contributed by atoms with Crippen LogP contribution in [0.5, 0.6) is 0 Å². The molecule has 1 saturated carbocycles. The van der Waals surface area contributed by atoms with Crippen LogP contribution in [-0.4, -0.2) is 152 Å². The fourth-order valence-corrected chi connectivity index (χ4v) is 11.3. The molecule has 356 valence electrons. The summed E-state index contributed by atoms with van der Waals surface area (Å²) in [6.45, 7) is 10.6. The predicted octanol–water partition coefficient (Wildman–Crippen LogP) is 2.87. The molecule has 3 aromatic heterocycles. The summed E-state index contributed by atoms with van der Waals surface area (Å²) in [7, 11) is 0. The maximum absolute atomic E-state index is 13.7. The van der Waals surface area contributed by atoms with Crippen molar-refractivity contribution in [3.63, 3.8) is 0 Å². The van der Waals surface area contributed by atoms with Crippen LogP contribution < -0.4 is 20.7 Å².